The molecule has 0 amide bonds. The highest BCUT2D eigenvalue weighted by molar-refractivity contribution is 5.73. The van der Waals surface area contributed by atoms with E-state index in [2.05, 4.69) is 10.6 Å². The number of nitrogens with zero attached hydrogens (tertiary/aromatic N) is 1. The van der Waals surface area contributed by atoms with Gasteiger partial charge in [0.2, 0.25) is 0 Å². The summed E-state index contributed by atoms with van der Waals surface area (Å²) in [5.74, 6) is 0.296. The summed E-state index contributed by atoms with van der Waals surface area (Å²) >= 11 is 0. The Morgan fingerprint density at radius 2 is 2.28 bits per heavy atom. The minimum atomic E-state index is -0.312. The maximum absolute atomic E-state index is 11.5. The van der Waals surface area contributed by atoms with E-state index in [4.69, 9.17) is 4.42 Å². The number of aromatic nitrogens is 1. The van der Waals surface area contributed by atoms with Gasteiger partial charge in [-0.1, -0.05) is 6.07 Å². The normalized spacial score (nSPS) is 17.9. The average Bonchev–Trinajstić information content (AvgIpc) is 2.59. The van der Waals surface area contributed by atoms with E-state index < -0.39 is 0 Å². The zero-order valence-corrected chi connectivity index (χ0v) is 10.6. The third-order valence-electron chi connectivity index (χ3n) is 3.77. The second-order valence-corrected chi connectivity index (χ2v) is 4.84. The Morgan fingerprint density at radius 1 is 1.50 bits per heavy atom. The predicted molar refractivity (Wildman–Crippen MR) is 69.6 cm³/mol. The summed E-state index contributed by atoms with van der Waals surface area (Å²) in [6.07, 6.45) is 0. The number of hydrogen-bond acceptors (Lipinski definition) is 4. The fraction of sp³-hybridized carbons (Fsp3) is 0.462. The molecule has 0 bridgehead atoms. The first-order valence-corrected chi connectivity index (χ1v) is 6.18. The molecule has 96 valence electrons. The Hall–Kier alpha value is -1.59. The van der Waals surface area contributed by atoms with Gasteiger partial charge in [0.1, 0.15) is 0 Å². The second kappa shape index (κ2) is 4.26. The van der Waals surface area contributed by atoms with Gasteiger partial charge in [-0.2, -0.15) is 0 Å². The number of nitrogens with one attached hydrogen (secondary N) is 2. The molecule has 1 saturated heterocycles. The molecule has 1 atom stereocenters. The van der Waals surface area contributed by atoms with Gasteiger partial charge in [-0.3, -0.25) is 4.57 Å². The summed E-state index contributed by atoms with van der Waals surface area (Å²) < 4.78 is 6.69. The van der Waals surface area contributed by atoms with Crippen LogP contribution in [0.5, 0.6) is 0 Å². The quantitative estimate of drug-likeness (QED) is 0.834. The largest absolute Gasteiger partial charge is 0.419 e. The molecule has 1 aliphatic rings. The van der Waals surface area contributed by atoms with Gasteiger partial charge in [0, 0.05) is 32.1 Å². The molecule has 1 aliphatic heterocycles. The molecule has 5 heteroatoms. The Bertz CT molecular complexity index is 625. The van der Waals surface area contributed by atoms with E-state index in [-0.39, 0.29) is 5.76 Å². The zero-order chi connectivity index (χ0) is 12.7. The first-order chi connectivity index (χ1) is 8.70. The van der Waals surface area contributed by atoms with Crippen LogP contribution in [0.3, 0.4) is 0 Å². The number of rotatable bonds is 3. The summed E-state index contributed by atoms with van der Waals surface area (Å²) in [5, 5.41) is 6.64. The molecule has 2 heterocycles. The zero-order valence-electron chi connectivity index (χ0n) is 10.6. The molecule has 1 fully saturated rings. The van der Waals surface area contributed by atoms with Crippen molar-refractivity contribution < 1.29 is 4.42 Å². The van der Waals surface area contributed by atoms with Crippen LogP contribution in [0.15, 0.2) is 27.4 Å². The van der Waals surface area contributed by atoms with Crippen LogP contribution >= 0.6 is 0 Å². The van der Waals surface area contributed by atoms with Gasteiger partial charge in [0.05, 0.1) is 5.52 Å². The lowest BCUT2D eigenvalue weighted by atomic mass is 9.88. The third-order valence-corrected chi connectivity index (χ3v) is 3.77. The first kappa shape index (κ1) is 11.5. The van der Waals surface area contributed by atoms with Gasteiger partial charge < -0.3 is 15.1 Å². The number of aryl methyl sites for hydroxylation is 1. The Morgan fingerprint density at radius 3 is 2.89 bits per heavy atom. The lowest BCUT2D eigenvalue weighted by molar-refractivity contribution is 0.268. The van der Waals surface area contributed by atoms with Crippen LogP contribution in [0.25, 0.3) is 11.1 Å². The molecule has 1 aromatic heterocycles. The fourth-order valence-electron chi connectivity index (χ4n) is 2.56. The Balaban J connectivity index is 2.05. The summed E-state index contributed by atoms with van der Waals surface area (Å²) in [5.41, 5.74) is 2.70. The van der Waals surface area contributed by atoms with E-state index in [1.54, 1.807) is 11.6 Å². The molecule has 1 aromatic carbocycles. The molecule has 3 rings (SSSR count). The number of hydrogen-bond donors (Lipinski definition) is 2. The van der Waals surface area contributed by atoms with Crippen LogP contribution in [0.1, 0.15) is 11.6 Å². The molecule has 2 N–H and O–H groups in total. The van der Waals surface area contributed by atoms with Crippen LogP contribution in [-0.2, 0) is 7.05 Å². The number of oxazole rings is 1. The van der Waals surface area contributed by atoms with Gasteiger partial charge in [0.25, 0.3) is 0 Å². The Labute approximate surface area is 105 Å². The minimum absolute atomic E-state index is 0.312. The molecular weight excluding hydrogens is 230 g/mol. The molecule has 0 radical (unpaired) electrons. The maximum atomic E-state index is 11.5. The topological polar surface area (TPSA) is 59.2 Å². The van der Waals surface area contributed by atoms with Crippen LogP contribution in [0.4, 0.5) is 0 Å². The van der Waals surface area contributed by atoms with Crippen LogP contribution in [0.2, 0.25) is 0 Å². The molecule has 18 heavy (non-hydrogen) atoms. The standard InChI is InChI=1S/C13H17N3O2/c1-14-12(9-6-15-7-9)8-3-4-11-10(5-8)16(2)13(17)18-11/h3-5,9,12,14-15H,6-7H2,1-2H3. The lowest BCUT2D eigenvalue weighted by Crippen LogP contribution is -2.48. The minimum Gasteiger partial charge on any atom is -0.408 e. The van der Waals surface area contributed by atoms with E-state index in [1.165, 1.54) is 5.56 Å². The van der Waals surface area contributed by atoms with Gasteiger partial charge in [-0.25, -0.2) is 4.79 Å². The predicted octanol–water partition coefficient (Wildman–Crippen LogP) is 0.611. The highest BCUT2D eigenvalue weighted by atomic mass is 16.4. The number of fused-ring (bicyclic) bond motifs is 1. The monoisotopic (exact) mass is 247 g/mol. The van der Waals surface area contributed by atoms with Crippen LogP contribution in [0, 0.1) is 5.92 Å². The van der Waals surface area contributed by atoms with Crippen LogP contribution < -0.4 is 16.4 Å². The molecular formula is C13H17N3O2. The summed E-state index contributed by atoms with van der Waals surface area (Å²) in [4.78, 5) is 11.5. The molecule has 0 saturated carbocycles. The van der Waals surface area contributed by atoms with Crippen molar-refractivity contribution >= 4 is 11.1 Å². The Kier molecular flexibility index (Phi) is 2.72. The van der Waals surface area contributed by atoms with Crippen molar-refractivity contribution in [1.29, 1.82) is 0 Å². The molecule has 0 aliphatic carbocycles. The van der Waals surface area contributed by atoms with Gasteiger partial charge in [-0.05, 0) is 24.7 Å². The van der Waals surface area contributed by atoms with Gasteiger partial charge >= 0.3 is 5.76 Å². The maximum Gasteiger partial charge on any atom is 0.419 e. The van der Waals surface area contributed by atoms with Crippen molar-refractivity contribution in [1.82, 2.24) is 15.2 Å². The summed E-state index contributed by atoms with van der Waals surface area (Å²) in [6, 6.07) is 6.27. The SMILES string of the molecule is CNC(c1ccc2oc(=O)n(C)c2c1)C1CNC1. The van der Waals surface area contributed by atoms with Crippen molar-refractivity contribution in [3.8, 4) is 0 Å². The van der Waals surface area contributed by atoms with E-state index in [9.17, 15) is 4.79 Å². The van der Waals surface area contributed by atoms with Crippen molar-refractivity contribution in [2.24, 2.45) is 13.0 Å². The highest BCUT2D eigenvalue weighted by Gasteiger charge is 2.27. The molecule has 1 unspecified atom stereocenters. The highest BCUT2D eigenvalue weighted by Crippen LogP contribution is 2.27. The smallest absolute Gasteiger partial charge is 0.408 e. The van der Waals surface area contributed by atoms with Crippen molar-refractivity contribution in [3.63, 3.8) is 0 Å². The number of benzene rings is 1. The van der Waals surface area contributed by atoms with Crippen molar-refractivity contribution in [2.45, 2.75) is 6.04 Å². The van der Waals surface area contributed by atoms with Crippen LogP contribution in [-0.4, -0.2) is 24.7 Å². The van der Waals surface area contributed by atoms with E-state index >= 15 is 0 Å². The van der Waals surface area contributed by atoms with Gasteiger partial charge in [0.15, 0.2) is 5.58 Å². The van der Waals surface area contributed by atoms with Crippen molar-refractivity contribution in [2.75, 3.05) is 20.1 Å². The van der Waals surface area contributed by atoms with Crippen molar-refractivity contribution in [3.05, 3.63) is 34.3 Å². The first-order valence-electron chi connectivity index (χ1n) is 6.18. The average molecular weight is 247 g/mol. The molecule has 2 aromatic rings. The molecule has 5 nitrogen and oxygen atoms in total. The second-order valence-electron chi connectivity index (χ2n) is 4.84. The third kappa shape index (κ3) is 1.67. The summed E-state index contributed by atoms with van der Waals surface area (Å²) in [6.45, 7) is 2.07. The molecule has 0 spiro atoms. The van der Waals surface area contributed by atoms with E-state index in [1.807, 2.05) is 25.2 Å². The lowest BCUT2D eigenvalue weighted by Gasteiger charge is -2.34. The van der Waals surface area contributed by atoms with Gasteiger partial charge in [-0.15, -0.1) is 0 Å². The van der Waals surface area contributed by atoms with E-state index in [0.29, 0.717) is 17.5 Å². The summed E-state index contributed by atoms with van der Waals surface area (Å²) in [7, 11) is 3.71. The van der Waals surface area contributed by atoms with E-state index in [0.717, 1.165) is 18.6 Å². The fourth-order valence-corrected chi connectivity index (χ4v) is 2.56.